The van der Waals surface area contributed by atoms with Crippen molar-refractivity contribution >= 4 is 21.6 Å². The third kappa shape index (κ3) is 4.58. The van der Waals surface area contributed by atoms with E-state index in [-0.39, 0.29) is 44.1 Å². The van der Waals surface area contributed by atoms with E-state index in [9.17, 15) is 36.0 Å². The number of nitrogens with two attached hydrogens (primary N) is 1. The predicted molar refractivity (Wildman–Crippen MR) is 112 cm³/mol. The number of alkyl halides is 3. The average Bonchev–Trinajstić information content (AvgIpc) is 2.76. The number of hydrogen-bond acceptors (Lipinski definition) is 7. The van der Waals surface area contributed by atoms with Gasteiger partial charge in [-0.1, -0.05) is 12.1 Å². The maximum Gasteiger partial charge on any atom is 0.417 e. The Kier molecular flexibility index (Phi) is 6.55. The summed E-state index contributed by atoms with van der Waals surface area (Å²) in [4.78, 5) is 37.7. The molecule has 10 nitrogen and oxygen atoms in total. The van der Waals surface area contributed by atoms with Gasteiger partial charge in [-0.2, -0.15) is 17.5 Å². The fraction of sp³-hybridized carbons (Fsp3) is 0.421. The molecule has 2 heterocycles. The molecular formula is C19H22F3N5O5S. The number of ketones is 1. The summed E-state index contributed by atoms with van der Waals surface area (Å²) in [5.41, 5.74) is 2.65. The molecule has 33 heavy (non-hydrogen) atoms. The van der Waals surface area contributed by atoms with E-state index in [1.807, 2.05) is 0 Å². The summed E-state index contributed by atoms with van der Waals surface area (Å²) in [6.45, 7) is -0.480. The van der Waals surface area contributed by atoms with Gasteiger partial charge in [0.25, 0.3) is 5.56 Å². The number of sulfonamides is 1. The van der Waals surface area contributed by atoms with Crippen LogP contribution in [0.4, 0.5) is 19.0 Å². The van der Waals surface area contributed by atoms with Gasteiger partial charge in [0.15, 0.2) is 5.78 Å². The van der Waals surface area contributed by atoms with Crippen molar-refractivity contribution in [3.05, 3.63) is 56.2 Å². The molecule has 1 aromatic carbocycles. The molecule has 0 amide bonds. The molecule has 1 aliphatic rings. The minimum absolute atomic E-state index is 0.0468. The zero-order chi connectivity index (χ0) is 24.7. The van der Waals surface area contributed by atoms with E-state index in [4.69, 9.17) is 5.73 Å². The molecule has 0 radical (unpaired) electrons. The van der Waals surface area contributed by atoms with Gasteiger partial charge in [-0.25, -0.2) is 13.2 Å². The average molecular weight is 489 g/mol. The molecule has 14 heteroatoms. The number of nitrogen functional groups attached to an aromatic ring is 1. The van der Waals surface area contributed by atoms with Crippen LogP contribution in [-0.2, 0) is 30.3 Å². The molecule has 1 saturated heterocycles. The molecule has 0 bridgehead atoms. The van der Waals surface area contributed by atoms with Gasteiger partial charge >= 0.3 is 11.9 Å². The molecule has 0 aliphatic carbocycles. The first-order valence-electron chi connectivity index (χ1n) is 9.74. The van der Waals surface area contributed by atoms with E-state index in [0.29, 0.717) is 6.07 Å². The second-order valence-electron chi connectivity index (χ2n) is 7.56. The lowest BCUT2D eigenvalue weighted by Gasteiger charge is -2.34. The van der Waals surface area contributed by atoms with E-state index in [1.54, 1.807) is 4.90 Å². The Bertz CT molecular complexity index is 1310. The maximum atomic E-state index is 13.3. The number of aromatic nitrogens is 2. The van der Waals surface area contributed by atoms with E-state index in [2.05, 4.69) is 0 Å². The Balaban J connectivity index is 1.76. The topological polar surface area (TPSA) is 128 Å². The highest BCUT2D eigenvalue weighted by Gasteiger charge is 2.39. The standard InChI is InChI=1S/C19H22F3N5O5S/c1-24-16(23)15(17(29)25(2)18(24)30)13(28)11-26-7-9-27(10-8-26)33(31,32)14-6-4-3-5-12(14)19(20,21)22/h3-6H,7-11,23H2,1-2H3. The first kappa shape index (κ1) is 24.7. The molecule has 0 unspecified atom stereocenters. The molecular weight excluding hydrogens is 467 g/mol. The molecule has 2 N–H and O–H groups in total. The first-order chi connectivity index (χ1) is 15.3. The maximum absolute atomic E-state index is 13.3. The van der Waals surface area contributed by atoms with Crippen LogP contribution in [0.1, 0.15) is 15.9 Å². The van der Waals surface area contributed by atoms with Gasteiger partial charge in [-0.15, -0.1) is 0 Å². The summed E-state index contributed by atoms with van der Waals surface area (Å²) < 4.78 is 68.2. The highest BCUT2D eigenvalue weighted by molar-refractivity contribution is 7.89. The molecule has 3 rings (SSSR count). The highest BCUT2D eigenvalue weighted by atomic mass is 32.2. The fourth-order valence-corrected chi connectivity index (χ4v) is 5.23. The van der Waals surface area contributed by atoms with Gasteiger partial charge in [0.1, 0.15) is 11.4 Å². The third-order valence-corrected chi connectivity index (χ3v) is 7.45. The van der Waals surface area contributed by atoms with Gasteiger partial charge in [0.2, 0.25) is 10.0 Å². The zero-order valence-corrected chi connectivity index (χ0v) is 18.6. The van der Waals surface area contributed by atoms with E-state index in [0.717, 1.165) is 25.6 Å². The van der Waals surface area contributed by atoms with Gasteiger partial charge < -0.3 is 5.73 Å². The zero-order valence-electron chi connectivity index (χ0n) is 17.8. The molecule has 180 valence electrons. The van der Waals surface area contributed by atoms with E-state index >= 15 is 0 Å². The lowest BCUT2D eigenvalue weighted by molar-refractivity contribution is -0.139. The number of halogens is 3. The fourth-order valence-electron chi connectivity index (χ4n) is 3.60. The number of anilines is 1. The Morgan fingerprint density at radius 2 is 1.61 bits per heavy atom. The first-order valence-corrected chi connectivity index (χ1v) is 11.2. The molecule has 0 saturated carbocycles. The van der Waals surface area contributed by atoms with Crippen LogP contribution in [0.3, 0.4) is 0 Å². The van der Waals surface area contributed by atoms with Crippen LogP contribution < -0.4 is 17.0 Å². The summed E-state index contributed by atoms with van der Waals surface area (Å²) in [5.74, 6) is -0.930. The van der Waals surface area contributed by atoms with Crippen molar-refractivity contribution in [2.45, 2.75) is 11.1 Å². The van der Waals surface area contributed by atoms with Crippen molar-refractivity contribution in [2.24, 2.45) is 14.1 Å². The summed E-state index contributed by atoms with van der Waals surface area (Å²) >= 11 is 0. The van der Waals surface area contributed by atoms with Crippen LogP contribution in [0.15, 0.2) is 38.8 Å². The summed E-state index contributed by atoms with van der Waals surface area (Å²) in [5, 5.41) is 0. The number of Topliss-reactive ketones (excluding diaryl/α,β-unsaturated/α-hetero) is 1. The van der Waals surface area contributed by atoms with Crippen LogP contribution in [0.2, 0.25) is 0 Å². The Labute approximate surface area is 186 Å². The van der Waals surface area contributed by atoms with Crippen LogP contribution in [-0.4, -0.2) is 65.3 Å². The lowest BCUT2D eigenvalue weighted by atomic mass is 10.1. The van der Waals surface area contributed by atoms with E-state index in [1.165, 1.54) is 20.2 Å². The number of carbonyl (C=O) groups excluding carboxylic acids is 1. The number of nitrogens with zero attached hydrogens (tertiary/aromatic N) is 4. The largest absolute Gasteiger partial charge is 0.417 e. The SMILES string of the molecule is Cn1c(N)c(C(=O)CN2CCN(S(=O)(=O)c3ccccc3C(F)(F)F)CC2)c(=O)n(C)c1=O. The van der Waals surface area contributed by atoms with Crippen LogP contribution in [0.5, 0.6) is 0 Å². The molecule has 1 aromatic heterocycles. The third-order valence-electron chi connectivity index (χ3n) is 5.50. The summed E-state index contributed by atoms with van der Waals surface area (Å²) in [6, 6.07) is 3.95. The second-order valence-corrected chi connectivity index (χ2v) is 9.47. The number of carbonyl (C=O) groups is 1. The monoisotopic (exact) mass is 489 g/mol. The molecule has 2 aromatic rings. The normalized spacial score (nSPS) is 16.2. The van der Waals surface area contributed by atoms with Crippen molar-refractivity contribution in [3.63, 3.8) is 0 Å². The molecule has 1 fully saturated rings. The highest BCUT2D eigenvalue weighted by Crippen LogP contribution is 2.35. The molecule has 0 atom stereocenters. The Morgan fingerprint density at radius 3 is 2.18 bits per heavy atom. The van der Waals surface area contributed by atoms with Crippen LogP contribution in [0.25, 0.3) is 0 Å². The number of piperazine rings is 1. The van der Waals surface area contributed by atoms with Gasteiger partial charge in [-0.05, 0) is 12.1 Å². The minimum Gasteiger partial charge on any atom is -0.384 e. The molecule has 1 aliphatic heterocycles. The quantitative estimate of drug-likeness (QED) is 0.580. The van der Waals surface area contributed by atoms with Crippen molar-refractivity contribution < 1.29 is 26.4 Å². The van der Waals surface area contributed by atoms with E-state index < -0.39 is 43.7 Å². The number of hydrogen-bond donors (Lipinski definition) is 1. The Morgan fingerprint density at radius 1 is 1.03 bits per heavy atom. The Hall–Kier alpha value is -2.97. The summed E-state index contributed by atoms with van der Waals surface area (Å²) in [6.07, 6.45) is -4.83. The van der Waals surface area contributed by atoms with Crippen molar-refractivity contribution in [2.75, 3.05) is 38.5 Å². The number of benzene rings is 1. The van der Waals surface area contributed by atoms with Gasteiger partial charge in [0, 0.05) is 40.3 Å². The summed E-state index contributed by atoms with van der Waals surface area (Å²) in [7, 11) is -1.89. The minimum atomic E-state index is -4.83. The van der Waals surface area contributed by atoms with Gasteiger partial charge in [-0.3, -0.25) is 23.6 Å². The predicted octanol–water partition coefficient (Wildman–Crippen LogP) is -0.126. The smallest absolute Gasteiger partial charge is 0.384 e. The second kappa shape index (κ2) is 8.76. The number of rotatable bonds is 5. The lowest BCUT2D eigenvalue weighted by Crippen LogP contribution is -2.50. The van der Waals surface area contributed by atoms with Crippen molar-refractivity contribution in [1.29, 1.82) is 0 Å². The van der Waals surface area contributed by atoms with Crippen molar-refractivity contribution in [3.8, 4) is 0 Å². The van der Waals surface area contributed by atoms with Crippen LogP contribution in [0, 0.1) is 0 Å². The van der Waals surface area contributed by atoms with Crippen LogP contribution >= 0.6 is 0 Å². The van der Waals surface area contributed by atoms with Gasteiger partial charge in [0.05, 0.1) is 17.0 Å². The molecule has 0 spiro atoms. The van der Waals surface area contributed by atoms with Crippen molar-refractivity contribution in [1.82, 2.24) is 18.3 Å².